The maximum Gasteiger partial charge on any atom is 0.139 e. The molecule has 1 fully saturated rings. The molecule has 2 N–H and O–H groups in total. The molecule has 3 nitrogen and oxygen atoms in total. The van der Waals surface area contributed by atoms with Crippen LogP contribution < -0.4 is 5.73 Å². The van der Waals surface area contributed by atoms with Gasteiger partial charge in [-0.25, -0.2) is 4.98 Å². The van der Waals surface area contributed by atoms with Crippen molar-refractivity contribution >= 4 is 11.0 Å². The van der Waals surface area contributed by atoms with Gasteiger partial charge in [-0.15, -0.1) is 0 Å². The number of nitrogens with zero attached hydrogens (tertiary/aromatic N) is 2. The van der Waals surface area contributed by atoms with Crippen LogP contribution in [-0.4, -0.2) is 15.6 Å². The Labute approximate surface area is 95.3 Å². The third kappa shape index (κ3) is 1.15. The number of nitrogens with two attached hydrogens (primary N) is 1. The van der Waals surface area contributed by atoms with E-state index in [1.54, 1.807) is 0 Å². The van der Waals surface area contributed by atoms with E-state index in [0.29, 0.717) is 0 Å². The van der Waals surface area contributed by atoms with Crippen molar-refractivity contribution in [1.82, 2.24) is 9.55 Å². The second kappa shape index (κ2) is 3.08. The predicted octanol–water partition coefficient (Wildman–Crippen LogP) is 1.95. The Hall–Kier alpha value is -1.35. The van der Waals surface area contributed by atoms with Crippen molar-refractivity contribution in [2.75, 3.05) is 0 Å². The van der Waals surface area contributed by atoms with Crippen molar-refractivity contribution in [2.24, 2.45) is 12.8 Å². The van der Waals surface area contributed by atoms with Crippen LogP contribution in [0.4, 0.5) is 0 Å². The zero-order valence-electron chi connectivity index (χ0n) is 9.77. The average molecular weight is 215 g/mol. The van der Waals surface area contributed by atoms with Crippen LogP contribution in [0.2, 0.25) is 0 Å². The molecule has 3 rings (SSSR count). The Morgan fingerprint density at radius 2 is 2.25 bits per heavy atom. The van der Waals surface area contributed by atoms with Gasteiger partial charge in [0, 0.05) is 36.3 Å². The number of aromatic nitrogens is 2. The minimum absolute atomic E-state index is 0.211. The summed E-state index contributed by atoms with van der Waals surface area (Å²) >= 11 is 0. The fourth-order valence-corrected chi connectivity index (χ4v) is 2.71. The van der Waals surface area contributed by atoms with Crippen molar-refractivity contribution in [1.29, 1.82) is 0 Å². The molecular formula is C13H17N3. The maximum atomic E-state index is 6.14. The van der Waals surface area contributed by atoms with Gasteiger partial charge in [-0.2, -0.15) is 0 Å². The van der Waals surface area contributed by atoms with E-state index in [1.807, 2.05) is 12.3 Å². The van der Waals surface area contributed by atoms with Gasteiger partial charge < -0.3 is 10.3 Å². The summed E-state index contributed by atoms with van der Waals surface area (Å²) in [5, 5.41) is 1.26. The zero-order valence-corrected chi connectivity index (χ0v) is 9.77. The molecule has 0 aliphatic heterocycles. The SMILES string of the molecule is CC(N)C1(c2cn(C)c3ncccc23)CC1. The monoisotopic (exact) mass is 215 g/mol. The molecular weight excluding hydrogens is 198 g/mol. The van der Waals surface area contributed by atoms with Crippen LogP contribution in [0.5, 0.6) is 0 Å². The van der Waals surface area contributed by atoms with Crippen LogP contribution in [0.25, 0.3) is 11.0 Å². The topological polar surface area (TPSA) is 43.8 Å². The Morgan fingerprint density at radius 1 is 1.50 bits per heavy atom. The highest BCUT2D eigenvalue weighted by Crippen LogP contribution is 2.52. The van der Waals surface area contributed by atoms with E-state index in [0.717, 1.165) is 5.65 Å². The average Bonchev–Trinajstić information content (AvgIpc) is 3.01. The van der Waals surface area contributed by atoms with E-state index in [-0.39, 0.29) is 11.5 Å². The molecule has 2 aromatic rings. The van der Waals surface area contributed by atoms with Gasteiger partial charge in [-0.05, 0) is 37.5 Å². The molecule has 1 aliphatic rings. The fourth-order valence-electron chi connectivity index (χ4n) is 2.71. The predicted molar refractivity (Wildman–Crippen MR) is 65.3 cm³/mol. The quantitative estimate of drug-likeness (QED) is 0.832. The van der Waals surface area contributed by atoms with E-state index in [9.17, 15) is 0 Å². The lowest BCUT2D eigenvalue weighted by Gasteiger charge is -2.18. The van der Waals surface area contributed by atoms with Crippen LogP contribution in [0.3, 0.4) is 0 Å². The second-order valence-electron chi connectivity index (χ2n) is 4.97. The Balaban J connectivity index is 2.25. The first-order valence-electron chi connectivity index (χ1n) is 5.81. The summed E-state index contributed by atoms with van der Waals surface area (Å²) in [5.41, 5.74) is 8.79. The van der Waals surface area contributed by atoms with Crippen molar-refractivity contribution in [3.8, 4) is 0 Å². The van der Waals surface area contributed by atoms with Crippen LogP contribution in [-0.2, 0) is 12.5 Å². The molecule has 1 saturated carbocycles. The maximum absolute atomic E-state index is 6.14. The molecule has 2 aromatic heterocycles. The van der Waals surface area contributed by atoms with E-state index in [2.05, 4.69) is 35.8 Å². The lowest BCUT2D eigenvalue weighted by Crippen LogP contribution is -2.31. The summed E-state index contributed by atoms with van der Waals surface area (Å²) in [6.07, 6.45) is 6.46. The molecule has 0 amide bonds. The number of pyridine rings is 1. The van der Waals surface area contributed by atoms with Crippen LogP contribution in [0.1, 0.15) is 25.3 Å². The molecule has 1 atom stereocenters. The molecule has 1 unspecified atom stereocenters. The molecule has 2 heterocycles. The third-order valence-electron chi connectivity index (χ3n) is 3.93. The highest BCUT2D eigenvalue weighted by molar-refractivity contribution is 5.82. The third-order valence-corrected chi connectivity index (χ3v) is 3.93. The van der Waals surface area contributed by atoms with Crippen molar-refractivity contribution in [3.63, 3.8) is 0 Å². The lowest BCUT2D eigenvalue weighted by molar-refractivity contribution is 0.559. The Morgan fingerprint density at radius 3 is 2.88 bits per heavy atom. The van der Waals surface area contributed by atoms with E-state index in [4.69, 9.17) is 5.73 Å². The number of hydrogen-bond acceptors (Lipinski definition) is 2. The van der Waals surface area contributed by atoms with Crippen LogP contribution >= 0.6 is 0 Å². The van der Waals surface area contributed by atoms with E-state index in [1.165, 1.54) is 23.8 Å². The molecule has 0 saturated heterocycles. The van der Waals surface area contributed by atoms with Gasteiger partial charge >= 0.3 is 0 Å². The molecule has 3 heteroatoms. The molecule has 0 spiro atoms. The summed E-state index contributed by atoms with van der Waals surface area (Å²) in [4.78, 5) is 4.42. The van der Waals surface area contributed by atoms with E-state index < -0.39 is 0 Å². The van der Waals surface area contributed by atoms with Crippen LogP contribution in [0.15, 0.2) is 24.5 Å². The number of fused-ring (bicyclic) bond motifs is 1. The summed E-state index contributed by atoms with van der Waals surface area (Å²) < 4.78 is 2.10. The first kappa shape index (κ1) is 9.85. The Kier molecular flexibility index (Phi) is 1.89. The van der Waals surface area contributed by atoms with Crippen molar-refractivity contribution in [2.45, 2.75) is 31.2 Å². The molecule has 1 aliphatic carbocycles. The number of rotatable bonds is 2. The number of hydrogen-bond donors (Lipinski definition) is 1. The fraction of sp³-hybridized carbons (Fsp3) is 0.462. The largest absolute Gasteiger partial charge is 0.335 e. The smallest absolute Gasteiger partial charge is 0.139 e. The molecule has 0 bridgehead atoms. The van der Waals surface area contributed by atoms with Gasteiger partial charge in [-0.3, -0.25) is 0 Å². The summed E-state index contributed by atoms with van der Waals surface area (Å²) in [6, 6.07) is 4.38. The van der Waals surface area contributed by atoms with Gasteiger partial charge in [0.1, 0.15) is 5.65 Å². The minimum atomic E-state index is 0.211. The van der Waals surface area contributed by atoms with Gasteiger partial charge in [0.25, 0.3) is 0 Å². The summed E-state index contributed by atoms with van der Waals surface area (Å²) in [5.74, 6) is 0. The lowest BCUT2D eigenvalue weighted by atomic mass is 9.90. The Bertz CT molecular complexity index is 535. The highest BCUT2D eigenvalue weighted by atomic mass is 15.0. The molecule has 84 valence electrons. The van der Waals surface area contributed by atoms with E-state index >= 15 is 0 Å². The summed E-state index contributed by atoms with van der Waals surface area (Å²) in [6.45, 7) is 2.11. The first-order valence-corrected chi connectivity index (χ1v) is 5.81. The standard InChI is InChI=1S/C13H17N3/c1-9(14)13(5-6-13)11-8-16(2)12-10(11)4-3-7-15-12/h3-4,7-9H,5-6,14H2,1-2H3. The van der Waals surface area contributed by atoms with Gasteiger partial charge in [-0.1, -0.05) is 0 Å². The van der Waals surface area contributed by atoms with Crippen molar-refractivity contribution in [3.05, 3.63) is 30.1 Å². The van der Waals surface area contributed by atoms with Crippen molar-refractivity contribution < 1.29 is 0 Å². The second-order valence-corrected chi connectivity index (χ2v) is 4.97. The zero-order chi connectivity index (χ0) is 11.3. The highest BCUT2D eigenvalue weighted by Gasteiger charge is 2.48. The van der Waals surface area contributed by atoms with Gasteiger partial charge in [0.15, 0.2) is 0 Å². The van der Waals surface area contributed by atoms with Gasteiger partial charge in [0.2, 0.25) is 0 Å². The molecule has 0 aromatic carbocycles. The number of aryl methyl sites for hydroxylation is 1. The van der Waals surface area contributed by atoms with Crippen LogP contribution in [0, 0.1) is 0 Å². The summed E-state index contributed by atoms with van der Waals surface area (Å²) in [7, 11) is 2.05. The normalized spacial score (nSPS) is 19.9. The molecule has 16 heavy (non-hydrogen) atoms. The van der Waals surface area contributed by atoms with Gasteiger partial charge in [0.05, 0.1) is 0 Å². The minimum Gasteiger partial charge on any atom is -0.335 e. The molecule has 0 radical (unpaired) electrons. The first-order chi connectivity index (χ1) is 7.65.